The average Bonchev–Trinajstić information content (AvgIpc) is 2.35. The Morgan fingerprint density at radius 3 is 2.19 bits per heavy atom. The Balaban J connectivity index is 2.02. The van der Waals surface area contributed by atoms with Crippen molar-refractivity contribution in [1.29, 1.82) is 0 Å². The summed E-state index contributed by atoms with van der Waals surface area (Å²) in [6, 6.07) is 9.19. The zero-order chi connectivity index (χ0) is 15.7. The minimum atomic E-state index is -0.584. The van der Waals surface area contributed by atoms with Gasteiger partial charge in [0.25, 0.3) is 0 Å². The maximum atomic E-state index is 12.4. The molecule has 1 aromatic carbocycles. The lowest BCUT2D eigenvalue weighted by atomic mass is 9.63. The maximum absolute atomic E-state index is 12.4. The molecule has 2 rings (SSSR count). The molecule has 0 aliphatic heterocycles. The van der Waals surface area contributed by atoms with E-state index in [1.165, 1.54) is 6.42 Å². The van der Waals surface area contributed by atoms with Crippen molar-refractivity contribution in [2.24, 2.45) is 16.6 Å². The molecule has 1 amide bonds. The molecule has 0 saturated heterocycles. The number of carbonyl (C=O) groups is 1. The van der Waals surface area contributed by atoms with Gasteiger partial charge in [-0.1, -0.05) is 58.0 Å². The number of carbonyl (C=O) groups excluding carboxylic acids is 1. The van der Waals surface area contributed by atoms with Crippen LogP contribution in [0.1, 0.15) is 58.6 Å². The van der Waals surface area contributed by atoms with Gasteiger partial charge in [-0.2, -0.15) is 0 Å². The summed E-state index contributed by atoms with van der Waals surface area (Å²) in [6.45, 7) is 9.13. The van der Waals surface area contributed by atoms with Crippen LogP contribution in [0, 0.1) is 10.8 Å². The molecule has 21 heavy (non-hydrogen) atoms. The van der Waals surface area contributed by atoms with Crippen LogP contribution >= 0.6 is 0 Å². The van der Waals surface area contributed by atoms with Crippen LogP contribution in [-0.4, -0.2) is 11.9 Å². The number of amides is 1. The highest BCUT2D eigenvalue weighted by Gasteiger charge is 2.39. The molecule has 0 aromatic heterocycles. The molecule has 116 valence electrons. The van der Waals surface area contributed by atoms with E-state index in [9.17, 15) is 4.79 Å². The summed E-state index contributed by atoms with van der Waals surface area (Å²) < 4.78 is 0. The zero-order valence-electron chi connectivity index (χ0n) is 13.6. The Labute approximate surface area is 128 Å². The fraction of sp³-hybridized carbons (Fsp3) is 0.611. The highest BCUT2D eigenvalue weighted by molar-refractivity contribution is 5.83. The van der Waals surface area contributed by atoms with E-state index in [2.05, 4.69) is 33.0 Å². The highest BCUT2D eigenvalue weighted by Crippen LogP contribution is 2.45. The Bertz CT molecular complexity index is 477. The molecule has 1 saturated carbocycles. The number of nitrogens with one attached hydrogen (secondary N) is 1. The van der Waals surface area contributed by atoms with Gasteiger partial charge in [-0.15, -0.1) is 0 Å². The van der Waals surface area contributed by atoms with Crippen molar-refractivity contribution < 1.29 is 4.79 Å². The van der Waals surface area contributed by atoms with Gasteiger partial charge in [0.2, 0.25) is 5.91 Å². The first-order valence-electron chi connectivity index (χ1n) is 7.79. The molecule has 3 heteroatoms. The van der Waals surface area contributed by atoms with Crippen LogP contribution in [0.3, 0.4) is 0 Å². The smallest absolute Gasteiger partial charge is 0.241 e. The average molecular weight is 288 g/mol. The van der Waals surface area contributed by atoms with E-state index in [4.69, 9.17) is 5.73 Å². The Kier molecular flexibility index (Phi) is 4.43. The van der Waals surface area contributed by atoms with Gasteiger partial charge >= 0.3 is 0 Å². The SMILES string of the molecule is CC1(C)CC(NC(=O)[C@H](N)c2ccccc2)CC(C)(C)C1. The lowest BCUT2D eigenvalue weighted by molar-refractivity contribution is -0.124. The Morgan fingerprint density at radius 1 is 1.14 bits per heavy atom. The molecule has 0 heterocycles. The van der Waals surface area contributed by atoms with Gasteiger partial charge < -0.3 is 11.1 Å². The van der Waals surface area contributed by atoms with Gasteiger partial charge in [0.1, 0.15) is 6.04 Å². The predicted octanol–water partition coefficient (Wildman–Crippen LogP) is 3.41. The van der Waals surface area contributed by atoms with Crippen LogP contribution in [0.5, 0.6) is 0 Å². The van der Waals surface area contributed by atoms with Gasteiger partial charge in [0, 0.05) is 6.04 Å². The lowest BCUT2D eigenvalue weighted by Gasteiger charge is -2.45. The summed E-state index contributed by atoms with van der Waals surface area (Å²) in [7, 11) is 0. The molecular weight excluding hydrogens is 260 g/mol. The Morgan fingerprint density at radius 2 is 1.67 bits per heavy atom. The van der Waals surface area contributed by atoms with E-state index >= 15 is 0 Å². The van der Waals surface area contributed by atoms with Crippen LogP contribution in [0.2, 0.25) is 0 Å². The third-order valence-electron chi connectivity index (χ3n) is 4.34. The zero-order valence-corrected chi connectivity index (χ0v) is 13.6. The Hall–Kier alpha value is -1.35. The number of hydrogen-bond acceptors (Lipinski definition) is 2. The molecule has 1 aliphatic carbocycles. The molecule has 1 atom stereocenters. The van der Waals surface area contributed by atoms with Gasteiger partial charge in [-0.05, 0) is 35.7 Å². The van der Waals surface area contributed by atoms with E-state index < -0.39 is 6.04 Å². The van der Waals surface area contributed by atoms with Crippen molar-refractivity contribution >= 4 is 5.91 Å². The maximum Gasteiger partial charge on any atom is 0.241 e. The monoisotopic (exact) mass is 288 g/mol. The molecule has 0 radical (unpaired) electrons. The summed E-state index contributed by atoms with van der Waals surface area (Å²) >= 11 is 0. The molecule has 3 nitrogen and oxygen atoms in total. The van der Waals surface area contributed by atoms with Crippen LogP contribution in [0.15, 0.2) is 30.3 Å². The molecule has 3 N–H and O–H groups in total. The van der Waals surface area contributed by atoms with E-state index in [1.807, 2.05) is 30.3 Å². The topological polar surface area (TPSA) is 55.1 Å². The highest BCUT2D eigenvalue weighted by atomic mass is 16.2. The first-order valence-corrected chi connectivity index (χ1v) is 7.79. The second kappa shape index (κ2) is 5.80. The quantitative estimate of drug-likeness (QED) is 0.895. The lowest BCUT2D eigenvalue weighted by Crippen LogP contribution is -2.48. The van der Waals surface area contributed by atoms with Gasteiger partial charge in [0.15, 0.2) is 0 Å². The first kappa shape index (κ1) is 16.0. The van der Waals surface area contributed by atoms with Crippen LogP contribution < -0.4 is 11.1 Å². The third kappa shape index (κ3) is 4.31. The van der Waals surface area contributed by atoms with Gasteiger partial charge in [-0.3, -0.25) is 4.79 Å². The van der Waals surface area contributed by atoms with Gasteiger partial charge in [0.05, 0.1) is 0 Å². The van der Waals surface area contributed by atoms with E-state index in [-0.39, 0.29) is 22.8 Å². The van der Waals surface area contributed by atoms with E-state index in [1.54, 1.807) is 0 Å². The third-order valence-corrected chi connectivity index (χ3v) is 4.34. The number of nitrogens with two attached hydrogens (primary N) is 1. The van der Waals surface area contributed by atoms with E-state index in [0.717, 1.165) is 18.4 Å². The van der Waals surface area contributed by atoms with Crippen molar-refractivity contribution in [3.05, 3.63) is 35.9 Å². The molecule has 0 spiro atoms. The molecule has 1 aliphatic rings. The van der Waals surface area contributed by atoms with E-state index in [0.29, 0.717) is 0 Å². The molecule has 1 fully saturated rings. The predicted molar refractivity (Wildman–Crippen MR) is 86.7 cm³/mol. The van der Waals surface area contributed by atoms with Crippen LogP contribution in [0.4, 0.5) is 0 Å². The van der Waals surface area contributed by atoms with Gasteiger partial charge in [-0.25, -0.2) is 0 Å². The minimum Gasteiger partial charge on any atom is -0.352 e. The number of benzene rings is 1. The summed E-state index contributed by atoms with van der Waals surface area (Å²) in [4.78, 5) is 12.4. The van der Waals surface area contributed by atoms with Crippen LogP contribution in [0.25, 0.3) is 0 Å². The fourth-order valence-corrected chi connectivity index (χ4v) is 4.05. The van der Waals surface area contributed by atoms with Crippen molar-refractivity contribution in [3.63, 3.8) is 0 Å². The number of rotatable bonds is 3. The molecule has 1 aromatic rings. The fourth-order valence-electron chi connectivity index (χ4n) is 4.05. The first-order chi connectivity index (χ1) is 9.69. The summed E-state index contributed by atoms with van der Waals surface area (Å²) in [5, 5.41) is 3.16. The van der Waals surface area contributed by atoms with Crippen molar-refractivity contribution in [3.8, 4) is 0 Å². The summed E-state index contributed by atoms with van der Waals surface area (Å²) in [6.07, 6.45) is 3.23. The summed E-state index contributed by atoms with van der Waals surface area (Å²) in [5.74, 6) is -0.0697. The second-order valence-electron chi connectivity index (χ2n) is 8.01. The van der Waals surface area contributed by atoms with Crippen molar-refractivity contribution in [2.75, 3.05) is 0 Å². The second-order valence-corrected chi connectivity index (χ2v) is 8.01. The largest absolute Gasteiger partial charge is 0.352 e. The molecular formula is C18H28N2O. The summed E-state index contributed by atoms with van der Waals surface area (Å²) in [5.41, 5.74) is 7.46. The standard InChI is InChI=1S/C18H28N2O/c1-17(2)10-14(11-18(3,4)12-17)20-16(21)15(19)13-8-6-5-7-9-13/h5-9,14-15H,10-12,19H2,1-4H3,(H,20,21)/t15-/m1/s1. The minimum absolute atomic E-state index is 0.0697. The van der Waals surface area contributed by atoms with Crippen molar-refractivity contribution in [1.82, 2.24) is 5.32 Å². The molecule has 0 unspecified atom stereocenters. The van der Waals surface area contributed by atoms with Crippen LogP contribution in [-0.2, 0) is 4.79 Å². The van der Waals surface area contributed by atoms with Crippen molar-refractivity contribution in [2.45, 2.75) is 59.0 Å². The number of hydrogen-bond donors (Lipinski definition) is 2. The normalized spacial score (nSPS) is 22.5. The molecule has 0 bridgehead atoms.